The predicted molar refractivity (Wildman–Crippen MR) is 87.9 cm³/mol. The maximum atomic E-state index is 13.6. The fourth-order valence-electron chi connectivity index (χ4n) is 2.22. The monoisotopic (exact) mass is 298 g/mol. The zero-order chi connectivity index (χ0) is 15.6. The minimum absolute atomic E-state index is 0.496. The van der Waals surface area contributed by atoms with Crippen LogP contribution in [0, 0.1) is 0 Å². The molecule has 2 heteroatoms. The van der Waals surface area contributed by atoms with Gasteiger partial charge < -0.3 is 0 Å². The average Bonchev–Trinajstić information content (AvgIpc) is 2.56. The van der Waals surface area contributed by atoms with Crippen molar-refractivity contribution in [1.29, 1.82) is 0 Å². The van der Waals surface area contributed by atoms with Crippen LogP contribution in [0.5, 0.6) is 0 Å². The van der Waals surface area contributed by atoms with Crippen LogP contribution >= 0.6 is 0 Å². The first kappa shape index (κ1) is 16.2. The molecular weight excluding hydrogens is 278 g/mol. The van der Waals surface area contributed by atoms with Gasteiger partial charge in [0.15, 0.2) is 11.7 Å². The second kappa shape index (κ2) is 8.93. The molecule has 0 N–H and O–H groups in total. The highest BCUT2D eigenvalue weighted by Crippen LogP contribution is 2.16. The molecule has 0 fully saturated rings. The SMILES string of the molecule is FC(=C\CCc1ccccc1)/C(F)=C/CCc1ccccc1. The Morgan fingerprint density at radius 2 is 1.00 bits per heavy atom. The maximum Gasteiger partial charge on any atom is 0.154 e. The summed E-state index contributed by atoms with van der Waals surface area (Å²) in [5.74, 6) is -1.52. The van der Waals surface area contributed by atoms with Gasteiger partial charge in [0.1, 0.15) is 0 Å². The van der Waals surface area contributed by atoms with Crippen LogP contribution in [0.3, 0.4) is 0 Å². The Morgan fingerprint density at radius 3 is 1.36 bits per heavy atom. The summed E-state index contributed by atoms with van der Waals surface area (Å²) in [7, 11) is 0. The number of rotatable bonds is 7. The van der Waals surface area contributed by atoms with Crippen molar-refractivity contribution in [2.24, 2.45) is 0 Å². The molecule has 0 spiro atoms. The second-order valence-electron chi connectivity index (χ2n) is 5.15. The van der Waals surface area contributed by atoms with Gasteiger partial charge in [-0.25, -0.2) is 8.78 Å². The lowest BCUT2D eigenvalue weighted by Gasteiger charge is -1.99. The van der Waals surface area contributed by atoms with Gasteiger partial charge in [0.25, 0.3) is 0 Å². The molecule has 0 aromatic heterocycles. The normalized spacial score (nSPS) is 12.5. The van der Waals surface area contributed by atoms with Gasteiger partial charge in [-0.1, -0.05) is 60.7 Å². The Bertz CT molecular complexity index is 555. The summed E-state index contributed by atoms with van der Waals surface area (Å²) >= 11 is 0. The van der Waals surface area contributed by atoms with E-state index in [1.54, 1.807) is 0 Å². The van der Waals surface area contributed by atoms with Gasteiger partial charge in [-0.05, 0) is 49.0 Å². The standard InChI is InChI=1S/C20H20F2/c21-19(15-7-13-17-9-3-1-4-10-17)20(22)16-8-14-18-11-5-2-6-12-18/h1-6,9-12,15-16H,7-8,13-14H2/b19-15-,20-16-. The van der Waals surface area contributed by atoms with E-state index < -0.39 is 11.7 Å². The van der Waals surface area contributed by atoms with Gasteiger partial charge in [-0.3, -0.25) is 0 Å². The van der Waals surface area contributed by atoms with Gasteiger partial charge in [0.2, 0.25) is 0 Å². The van der Waals surface area contributed by atoms with Gasteiger partial charge in [0.05, 0.1) is 0 Å². The lowest BCUT2D eigenvalue weighted by molar-refractivity contribution is 0.537. The molecule has 0 aliphatic heterocycles. The molecule has 0 amide bonds. The van der Waals surface area contributed by atoms with Crippen molar-refractivity contribution in [3.8, 4) is 0 Å². The molecule has 114 valence electrons. The van der Waals surface area contributed by atoms with E-state index in [-0.39, 0.29) is 0 Å². The fourth-order valence-corrected chi connectivity index (χ4v) is 2.22. The summed E-state index contributed by atoms with van der Waals surface area (Å²) < 4.78 is 27.3. The molecule has 2 aromatic carbocycles. The minimum Gasteiger partial charge on any atom is -0.204 e. The summed E-state index contributed by atoms with van der Waals surface area (Å²) in [6.45, 7) is 0. The lowest BCUT2D eigenvalue weighted by atomic mass is 10.1. The summed E-state index contributed by atoms with van der Waals surface area (Å²) in [6.07, 6.45) is 5.06. The van der Waals surface area contributed by atoms with Crippen molar-refractivity contribution in [3.63, 3.8) is 0 Å². The molecule has 0 radical (unpaired) electrons. The third-order valence-electron chi connectivity index (χ3n) is 3.43. The zero-order valence-electron chi connectivity index (χ0n) is 12.5. The Labute approximate surface area is 130 Å². The third kappa shape index (κ3) is 5.65. The molecule has 0 bridgehead atoms. The highest BCUT2D eigenvalue weighted by molar-refractivity contribution is 5.21. The van der Waals surface area contributed by atoms with Crippen LogP contribution in [0.2, 0.25) is 0 Å². The van der Waals surface area contributed by atoms with Gasteiger partial charge >= 0.3 is 0 Å². The van der Waals surface area contributed by atoms with Crippen LogP contribution in [0.25, 0.3) is 0 Å². The van der Waals surface area contributed by atoms with Gasteiger partial charge in [0, 0.05) is 0 Å². The van der Waals surface area contributed by atoms with Crippen molar-refractivity contribution in [2.45, 2.75) is 25.7 Å². The maximum absolute atomic E-state index is 13.6. The number of allylic oxidation sites excluding steroid dienone is 4. The molecule has 0 aliphatic rings. The Balaban J connectivity index is 1.79. The summed E-state index contributed by atoms with van der Waals surface area (Å²) in [5, 5.41) is 0. The van der Waals surface area contributed by atoms with E-state index in [0.29, 0.717) is 25.7 Å². The highest BCUT2D eigenvalue weighted by Gasteiger charge is 2.02. The second-order valence-corrected chi connectivity index (χ2v) is 5.15. The van der Waals surface area contributed by atoms with Crippen LogP contribution in [0.1, 0.15) is 24.0 Å². The topological polar surface area (TPSA) is 0 Å². The highest BCUT2D eigenvalue weighted by atomic mass is 19.2. The van der Waals surface area contributed by atoms with E-state index in [4.69, 9.17) is 0 Å². The predicted octanol–water partition coefficient (Wildman–Crippen LogP) is 5.96. The van der Waals surface area contributed by atoms with Gasteiger partial charge in [-0.2, -0.15) is 0 Å². The van der Waals surface area contributed by atoms with Crippen LogP contribution in [0.4, 0.5) is 8.78 Å². The van der Waals surface area contributed by atoms with E-state index in [0.717, 1.165) is 11.1 Å². The molecule has 22 heavy (non-hydrogen) atoms. The first-order valence-electron chi connectivity index (χ1n) is 7.55. The van der Waals surface area contributed by atoms with Gasteiger partial charge in [-0.15, -0.1) is 0 Å². The smallest absolute Gasteiger partial charge is 0.154 e. The molecule has 2 aromatic rings. The van der Waals surface area contributed by atoms with E-state index in [9.17, 15) is 8.78 Å². The number of halogens is 2. The molecule has 0 heterocycles. The molecule has 2 rings (SSSR count). The fraction of sp³-hybridized carbons (Fsp3) is 0.200. The summed E-state index contributed by atoms with van der Waals surface area (Å²) in [4.78, 5) is 0. The number of aryl methyl sites for hydroxylation is 2. The van der Waals surface area contributed by atoms with Crippen molar-refractivity contribution in [2.75, 3.05) is 0 Å². The lowest BCUT2D eigenvalue weighted by Crippen LogP contribution is -1.85. The molecule has 0 unspecified atom stereocenters. The van der Waals surface area contributed by atoms with E-state index in [2.05, 4.69) is 0 Å². The Kier molecular flexibility index (Phi) is 6.56. The van der Waals surface area contributed by atoms with Crippen LogP contribution in [-0.2, 0) is 12.8 Å². The zero-order valence-corrected chi connectivity index (χ0v) is 12.5. The Morgan fingerprint density at radius 1 is 0.636 bits per heavy atom. The molecule has 0 atom stereocenters. The number of hydrogen-bond donors (Lipinski definition) is 0. The van der Waals surface area contributed by atoms with Crippen molar-refractivity contribution in [3.05, 3.63) is 95.6 Å². The van der Waals surface area contributed by atoms with Crippen molar-refractivity contribution < 1.29 is 8.78 Å². The van der Waals surface area contributed by atoms with Crippen LogP contribution in [-0.4, -0.2) is 0 Å². The van der Waals surface area contributed by atoms with Crippen molar-refractivity contribution in [1.82, 2.24) is 0 Å². The summed E-state index contributed by atoms with van der Waals surface area (Å²) in [5.41, 5.74) is 2.25. The molecule has 0 saturated carbocycles. The minimum atomic E-state index is -0.760. The largest absolute Gasteiger partial charge is 0.204 e. The van der Waals surface area contributed by atoms with Crippen LogP contribution < -0.4 is 0 Å². The molecular formula is C20H20F2. The number of benzene rings is 2. The summed E-state index contributed by atoms with van der Waals surface area (Å²) in [6, 6.07) is 19.6. The molecule has 0 aliphatic carbocycles. The van der Waals surface area contributed by atoms with E-state index >= 15 is 0 Å². The van der Waals surface area contributed by atoms with E-state index in [1.807, 2.05) is 60.7 Å². The van der Waals surface area contributed by atoms with Crippen molar-refractivity contribution >= 4 is 0 Å². The Hall–Kier alpha value is -2.22. The first-order valence-corrected chi connectivity index (χ1v) is 7.55. The third-order valence-corrected chi connectivity index (χ3v) is 3.43. The first-order chi connectivity index (χ1) is 10.8. The van der Waals surface area contributed by atoms with E-state index in [1.165, 1.54) is 12.2 Å². The quantitative estimate of drug-likeness (QED) is 0.553. The van der Waals surface area contributed by atoms with Crippen LogP contribution in [0.15, 0.2) is 84.5 Å². The number of hydrogen-bond acceptors (Lipinski definition) is 0. The molecule has 0 saturated heterocycles. The molecule has 0 nitrogen and oxygen atoms in total. The average molecular weight is 298 g/mol.